The molecule has 0 radical (unpaired) electrons. The van der Waals surface area contributed by atoms with E-state index in [1.54, 1.807) is 0 Å². The van der Waals surface area contributed by atoms with Gasteiger partial charge in [-0.15, -0.1) is 0 Å². The van der Waals surface area contributed by atoms with E-state index in [0.717, 1.165) is 30.5 Å². The zero-order valence-corrected chi connectivity index (χ0v) is 23.4. The summed E-state index contributed by atoms with van der Waals surface area (Å²) < 4.78 is 0. The Hall–Kier alpha value is -4.24. The molecule has 0 saturated carbocycles. The van der Waals surface area contributed by atoms with Crippen molar-refractivity contribution in [2.24, 2.45) is 0 Å². The van der Waals surface area contributed by atoms with Crippen molar-refractivity contribution >= 4 is 28.7 Å². The third-order valence-electron chi connectivity index (χ3n) is 7.40. The highest BCUT2D eigenvalue weighted by molar-refractivity contribution is 6.00. The first kappa shape index (κ1) is 27.3. The fourth-order valence-corrected chi connectivity index (χ4v) is 5.38. The second-order valence-electron chi connectivity index (χ2n) is 10.3. The number of nitrogens with one attached hydrogen (secondary N) is 3. The van der Waals surface area contributed by atoms with Crippen LogP contribution in [0.1, 0.15) is 47.9 Å². The quantitative estimate of drug-likeness (QED) is 0.273. The van der Waals surface area contributed by atoms with E-state index in [1.165, 1.54) is 18.1 Å². The van der Waals surface area contributed by atoms with E-state index in [9.17, 15) is 9.59 Å². The lowest BCUT2D eigenvalue weighted by molar-refractivity contribution is -0.118. The average molecular weight is 540 g/mol. The largest absolute Gasteiger partial charge is 0.368 e. The number of benzene rings is 2. The Morgan fingerprint density at radius 3 is 2.45 bits per heavy atom. The SMILES string of the molecule is CCC(c1cccc(C)c1)N1CCN(C(=O)c2cc3c(NCCNC(C)=O)nc(-c4ccccc4)nc3[nH]2)CC1. The summed E-state index contributed by atoms with van der Waals surface area (Å²) >= 11 is 0. The van der Waals surface area contributed by atoms with Crippen LogP contribution in [-0.2, 0) is 4.79 Å². The summed E-state index contributed by atoms with van der Waals surface area (Å²) in [7, 11) is 0. The Kier molecular flexibility index (Phi) is 8.40. The summed E-state index contributed by atoms with van der Waals surface area (Å²) in [5, 5.41) is 6.84. The number of hydrogen-bond donors (Lipinski definition) is 3. The molecule has 9 heteroatoms. The molecule has 1 unspecified atom stereocenters. The highest BCUT2D eigenvalue weighted by atomic mass is 16.2. The number of amides is 2. The molecular formula is C31H37N7O2. The predicted molar refractivity (Wildman–Crippen MR) is 158 cm³/mol. The smallest absolute Gasteiger partial charge is 0.270 e. The van der Waals surface area contributed by atoms with E-state index in [-0.39, 0.29) is 11.8 Å². The molecule has 1 aliphatic heterocycles. The number of aryl methyl sites for hydroxylation is 1. The molecule has 0 aliphatic carbocycles. The summed E-state index contributed by atoms with van der Waals surface area (Å²) in [6.45, 7) is 9.79. The number of rotatable bonds is 9. The second kappa shape index (κ2) is 12.3. The van der Waals surface area contributed by atoms with E-state index in [4.69, 9.17) is 9.97 Å². The van der Waals surface area contributed by atoms with Crippen LogP contribution in [0.4, 0.5) is 5.82 Å². The number of hydrogen-bond acceptors (Lipinski definition) is 6. The number of piperazine rings is 1. The van der Waals surface area contributed by atoms with Crippen LogP contribution in [0.3, 0.4) is 0 Å². The van der Waals surface area contributed by atoms with Gasteiger partial charge < -0.3 is 20.5 Å². The van der Waals surface area contributed by atoms with Crippen molar-refractivity contribution in [3.8, 4) is 11.4 Å². The van der Waals surface area contributed by atoms with Crippen molar-refractivity contribution in [3.05, 3.63) is 77.5 Å². The van der Waals surface area contributed by atoms with Crippen molar-refractivity contribution in [1.82, 2.24) is 30.1 Å². The van der Waals surface area contributed by atoms with Crippen molar-refractivity contribution in [1.29, 1.82) is 0 Å². The second-order valence-corrected chi connectivity index (χ2v) is 10.3. The van der Waals surface area contributed by atoms with Crippen LogP contribution >= 0.6 is 0 Å². The van der Waals surface area contributed by atoms with Crippen molar-refractivity contribution < 1.29 is 9.59 Å². The maximum Gasteiger partial charge on any atom is 0.270 e. The number of fused-ring (bicyclic) bond motifs is 1. The van der Waals surface area contributed by atoms with Crippen LogP contribution in [0.2, 0.25) is 0 Å². The molecule has 2 aromatic carbocycles. The van der Waals surface area contributed by atoms with Gasteiger partial charge >= 0.3 is 0 Å². The molecule has 3 heterocycles. The number of carbonyl (C=O) groups is 2. The zero-order chi connectivity index (χ0) is 28.1. The van der Waals surface area contributed by atoms with Crippen LogP contribution < -0.4 is 10.6 Å². The third-order valence-corrected chi connectivity index (χ3v) is 7.40. The molecule has 5 rings (SSSR count). The topological polar surface area (TPSA) is 106 Å². The maximum atomic E-state index is 13.6. The molecule has 1 aliphatic rings. The first-order valence-electron chi connectivity index (χ1n) is 14.0. The summed E-state index contributed by atoms with van der Waals surface area (Å²) in [6, 6.07) is 20.7. The molecule has 1 fully saturated rings. The Morgan fingerprint density at radius 2 is 1.75 bits per heavy atom. The third kappa shape index (κ3) is 6.15. The van der Waals surface area contributed by atoms with Gasteiger partial charge in [-0.1, -0.05) is 67.1 Å². The number of carbonyl (C=O) groups excluding carboxylic acids is 2. The van der Waals surface area contributed by atoms with Gasteiger partial charge in [0.05, 0.1) is 5.39 Å². The lowest BCUT2D eigenvalue weighted by Crippen LogP contribution is -2.49. The Labute approximate surface area is 235 Å². The van der Waals surface area contributed by atoms with Gasteiger partial charge in [-0.2, -0.15) is 0 Å². The number of aromatic amines is 1. The molecule has 1 atom stereocenters. The van der Waals surface area contributed by atoms with Gasteiger partial charge in [-0.05, 0) is 25.0 Å². The fourth-order valence-electron chi connectivity index (χ4n) is 5.38. The average Bonchev–Trinajstić information content (AvgIpc) is 3.41. The number of anilines is 1. The summed E-state index contributed by atoms with van der Waals surface area (Å²) in [4.78, 5) is 42.0. The fraction of sp³-hybridized carbons (Fsp3) is 0.355. The monoisotopic (exact) mass is 539 g/mol. The van der Waals surface area contributed by atoms with E-state index in [1.807, 2.05) is 41.3 Å². The van der Waals surface area contributed by atoms with Crippen LogP contribution in [0, 0.1) is 6.92 Å². The van der Waals surface area contributed by atoms with Crippen molar-refractivity contribution in [2.45, 2.75) is 33.2 Å². The minimum absolute atomic E-state index is 0.0355. The Balaban J connectivity index is 1.34. The molecular weight excluding hydrogens is 502 g/mol. The minimum Gasteiger partial charge on any atom is -0.368 e. The van der Waals surface area contributed by atoms with Gasteiger partial charge in [-0.3, -0.25) is 14.5 Å². The zero-order valence-electron chi connectivity index (χ0n) is 23.4. The van der Waals surface area contributed by atoms with Crippen molar-refractivity contribution in [3.63, 3.8) is 0 Å². The maximum absolute atomic E-state index is 13.6. The van der Waals surface area contributed by atoms with E-state index < -0.39 is 0 Å². The van der Waals surface area contributed by atoms with Gasteiger partial charge in [0.15, 0.2) is 5.82 Å². The van der Waals surface area contributed by atoms with Gasteiger partial charge in [0.25, 0.3) is 5.91 Å². The molecule has 0 spiro atoms. The highest BCUT2D eigenvalue weighted by Gasteiger charge is 2.28. The molecule has 2 amide bonds. The van der Waals surface area contributed by atoms with Gasteiger partial charge in [0.2, 0.25) is 5.91 Å². The lowest BCUT2D eigenvalue weighted by Gasteiger charge is -2.39. The van der Waals surface area contributed by atoms with E-state index >= 15 is 0 Å². The Bertz CT molecular complexity index is 1480. The van der Waals surface area contributed by atoms with Gasteiger partial charge in [0, 0.05) is 57.8 Å². The van der Waals surface area contributed by atoms with Crippen LogP contribution in [0.25, 0.3) is 22.4 Å². The molecule has 2 aromatic heterocycles. The van der Waals surface area contributed by atoms with Crippen LogP contribution in [0.5, 0.6) is 0 Å². The highest BCUT2D eigenvalue weighted by Crippen LogP contribution is 2.28. The summed E-state index contributed by atoms with van der Waals surface area (Å²) in [5.74, 6) is 1.06. The van der Waals surface area contributed by atoms with Crippen molar-refractivity contribution in [2.75, 3.05) is 44.6 Å². The summed E-state index contributed by atoms with van der Waals surface area (Å²) in [5.41, 5.74) is 4.59. The van der Waals surface area contributed by atoms with Crippen LogP contribution in [0.15, 0.2) is 60.7 Å². The first-order valence-corrected chi connectivity index (χ1v) is 14.0. The van der Waals surface area contributed by atoms with Crippen LogP contribution in [-0.4, -0.2) is 75.8 Å². The molecule has 1 saturated heterocycles. The van der Waals surface area contributed by atoms with Gasteiger partial charge in [-0.25, -0.2) is 9.97 Å². The lowest BCUT2D eigenvalue weighted by atomic mass is 10.00. The van der Waals surface area contributed by atoms with E-state index in [0.29, 0.717) is 55.2 Å². The molecule has 208 valence electrons. The first-order chi connectivity index (χ1) is 19.4. The molecule has 0 bridgehead atoms. The Morgan fingerprint density at radius 1 is 0.975 bits per heavy atom. The van der Waals surface area contributed by atoms with Gasteiger partial charge in [0.1, 0.15) is 17.2 Å². The minimum atomic E-state index is -0.0848. The van der Waals surface area contributed by atoms with E-state index in [2.05, 4.69) is 58.6 Å². The number of aromatic nitrogens is 3. The standard InChI is InChI=1S/C31H37N7O2/c1-4-27(24-12-8-9-21(2)19-24)37-15-17-38(18-16-37)31(40)26-20-25-29(33-14-13-32-22(3)39)35-28(36-30(25)34-26)23-10-6-5-7-11-23/h5-12,19-20,27H,4,13-18H2,1-3H3,(H,32,39)(H2,33,34,35,36). The predicted octanol–water partition coefficient (Wildman–Crippen LogP) is 4.39. The molecule has 3 N–H and O–H groups in total. The number of nitrogens with zero attached hydrogens (tertiary/aromatic N) is 4. The molecule has 4 aromatic rings. The molecule has 40 heavy (non-hydrogen) atoms. The number of H-pyrrole nitrogens is 1. The summed E-state index contributed by atoms with van der Waals surface area (Å²) in [6.07, 6.45) is 1.03. The molecule has 9 nitrogen and oxygen atoms in total. The normalized spacial score (nSPS) is 14.7.